The van der Waals surface area contributed by atoms with Crippen LogP contribution in [0.25, 0.3) is 0 Å². The highest BCUT2D eigenvalue weighted by atomic mass is 14.8. The molecule has 0 radical (unpaired) electrons. The molecule has 0 aromatic carbocycles. The smallest absolute Gasteiger partial charge is 0.101 e. The lowest BCUT2D eigenvalue weighted by atomic mass is 10.1. The van der Waals surface area contributed by atoms with Crippen molar-refractivity contribution in [1.29, 1.82) is 5.26 Å². The lowest BCUT2D eigenvalue weighted by Gasteiger charge is -2.04. The molecule has 1 rings (SSSR count). The molecule has 0 fully saturated rings. The Morgan fingerprint density at radius 1 is 1.73 bits per heavy atom. The Morgan fingerprint density at radius 3 is 2.91 bits per heavy atom. The fourth-order valence-corrected chi connectivity index (χ4v) is 0.875. The maximum Gasteiger partial charge on any atom is 0.101 e. The third-order valence-corrected chi connectivity index (χ3v) is 1.39. The van der Waals surface area contributed by atoms with Crippen LogP contribution in [0.5, 0.6) is 0 Å². The number of aromatic nitrogens is 1. The normalized spacial score (nSPS) is 12.1. The second-order valence-electron chi connectivity index (χ2n) is 2.34. The first kappa shape index (κ1) is 7.70. The van der Waals surface area contributed by atoms with Gasteiger partial charge >= 0.3 is 0 Å². The average Bonchev–Trinajstić information content (AvgIpc) is 2.04. The standard InChI is InChI=1S/C8H9N3/c1-6(10)8-7(5-9)3-2-4-11-8/h2-4,6H,10H2,1H3/t6-/m1/s1. The molecular formula is C8H9N3. The Labute approximate surface area is 65.5 Å². The first-order chi connectivity index (χ1) is 5.25. The van der Waals surface area contributed by atoms with Crippen molar-refractivity contribution in [3.63, 3.8) is 0 Å². The van der Waals surface area contributed by atoms with Crippen LogP contribution in [-0.2, 0) is 0 Å². The van der Waals surface area contributed by atoms with Gasteiger partial charge in [0.05, 0.1) is 11.3 Å². The average molecular weight is 147 g/mol. The molecule has 0 aliphatic heterocycles. The fourth-order valence-electron chi connectivity index (χ4n) is 0.875. The van der Waals surface area contributed by atoms with E-state index >= 15 is 0 Å². The van der Waals surface area contributed by atoms with Crippen LogP contribution in [0.2, 0.25) is 0 Å². The molecular weight excluding hydrogens is 138 g/mol. The van der Waals surface area contributed by atoms with E-state index in [0.29, 0.717) is 11.3 Å². The molecule has 1 aromatic rings. The zero-order valence-corrected chi connectivity index (χ0v) is 6.28. The van der Waals surface area contributed by atoms with Gasteiger partial charge < -0.3 is 5.73 Å². The molecule has 1 aromatic heterocycles. The van der Waals surface area contributed by atoms with Crippen LogP contribution in [0.3, 0.4) is 0 Å². The molecule has 0 spiro atoms. The largest absolute Gasteiger partial charge is 0.323 e. The summed E-state index contributed by atoms with van der Waals surface area (Å²) in [7, 11) is 0. The van der Waals surface area contributed by atoms with Crippen molar-refractivity contribution in [2.45, 2.75) is 13.0 Å². The molecule has 3 nitrogen and oxygen atoms in total. The van der Waals surface area contributed by atoms with Gasteiger partial charge in [0.2, 0.25) is 0 Å². The first-order valence-corrected chi connectivity index (χ1v) is 3.36. The maximum atomic E-state index is 8.62. The summed E-state index contributed by atoms with van der Waals surface area (Å²) < 4.78 is 0. The van der Waals surface area contributed by atoms with Gasteiger partial charge in [0.25, 0.3) is 0 Å². The van der Waals surface area contributed by atoms with Gasteiger partial charge in [-0.1, -0.05) is 0 Å². The van der Waals surface area contributed by atoms with Gasteiger partial charge in [0.1, 0.15) is 6.07 Å². The summed E-state index contributed by atoms with van der Waals surface area (Å²) in [5, 5.41) is 8.62. The molecule has 0 bridgehead atoms. The van der Waals surface area contributed by atoms with E-state index in [2.05, 4.69) is 4.98 Å². The van der Waals surface area contributed by atoms with E-state index < -0.39 is 0 Å². The number of pyridine rings is 1. The zero-order chi connectivity index (χ0) is 8.27. The molecule has 1 atom stereocenters. The molecule has 0 amide bonds. The van der Waals surface area contributed by atoms with E-state index in [1.54, 1.807) is 18.3 Å². The molecule has 0 aliphatic carbocycles. The van der Waals surface area contributed by atoms with Crippen LogP contribution in [0.1, 0.15) is 24.2 Å². The second-order valence-corrected chi connectivity index (χ2v) is 2.34. The van der Waals surface area contributed by atoms with Crippen molar-refractivity contribution in [2.24, 2.45) is 5.73 Å². The van der Waals surface area contributed by atoms with Crippen molar-refractivity contribution in [2.75, 3.05) is 0 Å². The second kappa shape index (κ2) is 3.13. The predicted molar refractivity (Wildman–Crippen MR) is 41.6 cm³/mol. The molecule has 56 valence electrons. The summed E-state index contributed by atoms with van der Waals surface area (Å²) in [6, 6.07) is 5.30. The van der Waals surface area contributed by atoms with Crippen molar-refractivity contribution in [3.8, 4) is 6.07 Å². The summed E-state index contributed by atoms with van der Waals surface area (Å²) in [6.45, 7) is 1.81. The van der Waals surface area contributed by atoms with Gasteiger partial charge in [-0.2, -0.15) is 5.26 Å². The topological polar surface area (TPSA) is 62.7 Å². The molecule has 1 heterocycles. The highest BCUT2D eigenvalue weighted by Crippen LogP contribution is 2.10. The van der Waals surface area contributed by atoms with Gasteiger partial charge in [0, 0.05) is 12.2 Å². The molecule has 3 heteroatoms. The van der Waals surface area contributed by atoms with Crippen LogP contribution in [0.15, 0.2) is 18.3 Å². The third kappa shape index (κ3) is 1.54. The zero-order valence-electron chi connectivity index (χ0n) is 6.28. The summed E-state index contributed by atoms with van der Waals surface area (Å²) >= 11 is 0. The van der Waals surface area contributed by atoms with E-state index in [1.165, 1.54) is 0 Å². The lowest BCUT2D eigenvalue weighted by molar-refractivity contribution is 0.777. The van der Waals surface area contributed by atoms with E-state index in [-0.39, 0.29) is 6.04 Å². The number of nitrogens with two attached hydrogens (primary N) is 1. The van der Waals surface area contributed by atoms with E-state index in [9.17, 15) is 0 Å². The number of nitriles is 1. The SMILES string of the molecule is C[C@@H](N)c1ncccc1C#N. The minimum atomic E-state index is -0.175. The van der Waals surface area contributed by atoms with Crippen molar-refractivity contribution in [3.05, 3.63) is 29.6 Å². The Bertz CT molecular complexity index is 286. The van der Waals surface area contributed by atoms with Gasteiger partial charge in [-0.3, -0.25) is 4.98 Å². The Balaban J connectivity index is 3.15. The Morgan fingerprint density at radius 2 is 2.45 bits per heavy atom. The molecule has 2 N–H and O–H groups in total. The molecule has 0 aliphatic rings. The summed E-state index contributed by atoms with van der Waals surface area (Å²) in [5.41, 5.74) is 6.80. The monoisotopic (exact) mass is 147 g/mol. The van der Waals surface area contributed by atoms with Crippen LogP contribution < -0.4 is 5.73 Å². The van der Waals surface area contributed by atoms with Gasteiger partial charge in [-0.25, -0.2) is 0 Å². The summed E-state index contributed by atoms with van der Waals surface area (Å²) in [5.74, 6) is 0. The summed E-state index contributed by atoms with van der Waals surface area (Å²) in [6.07, 6.45) is 1.64. The van der Waals surface area contributed by atoms with E-state index in [1.807, 2.05) is 13.0 Å². The highest BCUT2D eigenvalue weighted by molar-refractivity contribution is 5.33. The molecule has 0 saturated carbocycles. The van der Waals surface area contributed by atoms with Crippen LogP contribution in [0.4, 0.5) is 0 Å². The van der Waals surface area contributed by atoms with Crippen LogP contribution in [0, 0.1) is 11.3 Å². The third-order valence-electron chi connectivity index (χ3n) is 1.39. The minimum absolute atomic E-state index is 0.175. The molecule has 11 heavy (non-hydrogen) atoms. The lowest BCUT2D eigenvalue weighted by Crippen LogP contribution is -2.09. The maximum absolute atomic E-state index is 8.62. The Kier molecular flexibility index (Phi) is 2.19. The van der Waals surface area contributed by atoms with Gasteiger partial charge in [0.15, 0.2) is 0 Å². The van der Waals surface area contributed by atoms with Crippen molar-refractivity contribution < 1.29 is 0 Å². The highest BCUT2D eigenvalue weighted by Gasteiger charge is 2.05. The van der Waals surface area contributed by atoms with Crippen LogP contribution in [-0.4, -0.2) is 4.98 Å². The first-order valence-electron chi connectivity index (χ1n) is 3.36. The van der Waals surface area contributed by atoms with Gasteiger partial charge in [-0.05, 0) is 19.1 Å². The van der Waals surface area contributed by atoms with E-state index in [0.717, 1.165) is 0 Å². The number of rotatable bonds is 1. The van der Waals surface area contributed by atoms with Gasteiger partial charge in [-0.15, -0.1) is 0 Å². The van der Waals surface area contributed by atoms with Crippen molar-refractivity contribution >= 4 is 0 Å². The predicted octanol–water partition coefficient (Wildman–Crippen LogP) is 0.973. The number of hydrogen-bond acceptors (Lipinski definition) is 3. The van der Waals surface area contributed by atoms with E-state index in [4.69, 9.17) is 11.0 Å². The van der Waals surface area contributed by atoms with Crippen molar-refractivity contribution in [1.82, 2.24) is 4.98 Å². The number of hydrogen-bond donors (Lipinski definition) is 1. The fraction of sp³-hybridized carbons (Fsp3) is 0.250. The number of nitrogens with zero attached hydrogens (tertiary/aromatic N) is 2. The van der Waals surface area contributed by atoms with Crippen LogP contribution >= 0.6 is 0 Å². The Hall–Kier alpha value is -1.40. The quantitative estimate of drug-likeness (QED) is 0.643. The summed E-state index contributed by atoms with van der Waals surface area (Å²) in [4.78, 5) is 4.00. The molecule has 0 saturated heterocycles. The minimum Gasteiger partial charge on any atom is -0.323 e. The molecule has 0 unspecified atom stereocenters.